The van der Waals surface area contributed by atoms with Crippen LogP contribution in [0, 0.1) is 20.8 Å². The molecule has 0 fully saturated rings. The summed E-state index contributed by atoms with van der Waals surface area (Å²) in [5.74, 6) is -0.905. The quantitative estimate of drug-likeness (QED) is 0.305. The Bertz CT molecular complexity index is 1490. The first-order valence-electron chi connectivity index (χ1n) is 12.9. The summed E-state index contributed by atoms with van der Waals surface area (Å²) in [6.07, 6.45) is 0. The zero-order chi connectivity index (χ0) is 29.8. The lowest BCUT2D eigenvalue weighted by Gasteiger charge is -2.33. The average Bonchev–Trinajstić information content (AvgIpc) is 2.88. The Balaban J connectivity index is 2.09. The molecule has 3 rings (SSSR count). The van der Waals surface area contributed by atoms with E-state index in [0.717, 1.165) is 15.4 Å². The summed E-state index contributed by atoms with van der Waals surface area (Å²) in [6, 6.07) is 15.8. The molecule has 40 heavy (non-hydrogen) atoms. The number of nitrogens with one attached hydrogen (secondary N) is 1. The van der Waals surface area contributed by atoms with Crippen LogP contribution in [0.4, 0.5) is 5.69 Å². The molecule has 214 valence electrons. The number of aryl methyl sites for hydroxylation is 3. The summed E-state index contributed by atoms with van der Waals surface area (Å²) < 4.78 is 29.1. The molecule has 0 bridgehead atoms. The molecule has 3 aromatic carbocycles. The number of nitrogens with zero attached hydrogens (tertiary/aromatic N) is 2. The summed E-state index contributed by atoms with van der Waals surface area (Å²) in [6.45, 7) is 10.3. The van der Waals surface area contributed by atoms with Gasteiger partial charge in [0.25, 0.3) is 10.0 Å². The Kier molecular flexibility index (Phi) is 10.3. The number of sulfonamides is 1. The Labute approximate surface area is 247 Å². The van der Waals surface area contributed by atoms with Gasteiger partial charge in [-0.1, -0.05) is 59.1 Å². The summed E-state index contributed by atoms with van der Waals surface area (Å²) in [5, 5.41) is 3.51. The van der Waals surface area contributed by atoms with Crippen LogP contribution in [0.3, 0.4) is 0 Å². The molecule has 0 aromatic heterocycles. The normalized spacial score (nSPS) is 12.2. The van der Waals surface area contributed by atoms with E-state index in [1.165, 1.54) is 17.0 Å². The van der Waals surface area contributed by atoms with Crippen LogP contribution >= 0.6 is 23.2 Å². The number of anilines is 1. The highest BCUT2D eigenvalue weighted by atomic mass is 35.5. The highest BCUT2D eigenvalue weighted by Gasteiger charge is 2.33. The molecule has 7 nitrogen and oxygen atoms in total. The average molecular weight is 605 g/mol. The first-order valence-corrected chi connectivity index (χ1v) is 15.1. The van der Waals surface area contributed by atoms with Crippen molar-refractivity contribution in [2.45, 2.75) is 65.1 Å². The SMILES string of the molecule is Cc1ccc(S(=O)(=O)N(CC(=O)N(Cc2ccc(Cl)c(Cl)c2)[C@H](C)C(=O)NC(C)C)c2cc(C)ccc2C)cc1. The molecule has 0 aliphatic carbocycles. The van der Waals surface area contributed by atoms with Crippen LogP contribution in [0.25, 0.3) is 0 Å². The van der Waals surface area contributed by atoms with E-state index in [0.29, 0.717) is 26.9 Å². The second-order valence-electron chi connectivity index (χ2n) is 10.2. The molecule has 10 heteroatoms. The van der Waals surface area contributed by atoms with Gasteiger partial charge in [0.15, 0.2) is 0 Å². The van der Waals surface area contributed by atoms with Gasteiger partial charge in [0.2, 0.25) is 11.8 Å². The summed E-state index contributed by atoms with van der Waals surface area (Å²) in [7, 11) is -4.14. The van der Waals surface area contributed by atoms with Crippen molar-refractivity contribution >= 4 is 50.7 Å². The number of carbonyl (C=O) groups excluding carboxylic acids is 2. The summed E-state index contributed by atoms with van der Waals surface area (Å²) >= 11 is 12.3. The van der Waals surface area contributed by atoms with Crippen molar-refractivity contribution in [3.8, 4) is 0 Å². The molecule has 0 unspecified atom stereocenters. The van der Waals surface area contributed by atoms with Gasteiger partial charge in [0, 0.05) is 12.6 Å². The minimum Gasteiger partial charge on any atom is -0.352 e. The number of hydrogen-bond donors (Lipinski definition) is 1. The largest absolute Gasteiger partial charge is 0.352 e. The van der Waals surface area contributed by atoms with Crippen LogP contribution in [-0.2, 0) is 26.2 Å². The van der Waals surface area contributed by atoms with Gasteiger partial charge in [-0.2, -0.15) is 0 Å². The first-order chi connectivity index (χ1) is 18.7. The molecule has 2 amide bonds. The second kappa shape index (κ2) is 13.1. The van der Waals surface area contributed by atoms with Crippen molar-refractivity contribution in [3.63, 3.8) is 0 Å². The minimum atomic E-state index is -4.14. The van der Waals surface area contributed by atoms with Gasteiger partial charge in [-0.15, -0.1) is 0 Å². The van der Waals surface area contributed by atoms with Crippen molar-refractivity contribution in [2.24, 2.45) is 0 Å². The maximum Gasteiger partial charge on any atom is 0.264 e. The van der Waals surface area contributed by atoms with Gasteiger partial charge < -0.3 is 10.2 Å². The van der Waals surface area contributed by atoms with Crippen LogP contribution in [0.15, 0.2) is 65.6 Å². The molecule has 0 heterocycles. The minimum absolute atomic E-state index is 0.0215. The van der Waals surface area contributed by atoms with Crippen LogP contribution in [0.1, 0.15) is 43.0 Å². The molecule has 0 radical (unpaired) electrons. The number of carbonyl (C=O) groups is 2. The third-order valence-electron chi connectivity index (χ3n) is 6.46. The van der Waals surface area contributed by atoms with Crippen molar-refractivity contribution in [1.82, 2.24) is 10.2 Å². The van der Waals surface area contributed by atoms with E-state index in [-0.39, 0.29) is 23.4 Å². The van der Waals surface area contributed by atoms with E-state index < -0.39 is 28.5 Å². The Morgan fingerprint density at radius 1 is 0.850 bits per heavy atom. The predicted molar refractivity (Wildman–Crippen MR) is 161 cm³/mol. The zero-order valence-corrected chi connectivity index (χ0v) is 25.9. The van der Waals surface area contributed by atoms with Crippen molar-refractivity contribution in [3.05, 3.63) is 93.0 Å². The third-order valence-corrected chi connectivity index (χ3v) is 8.97. The fourth-order valence-corrected chi connectivity index (χ4v) is 5.95. The van der Waals surface area contributed by atoms with Gasteiger partial charge in [0.05, 0.1) is 20.6 Å². The van der Waals surface area contributed by atoms with Gasteiger partial charge >= 0.3 is 0 Å². The zero-order valence-electron chi connectivity index (χ0n) is 23.5. The molecule has 0 saturated carbocycles. The van der Waals surface area contributed by atoms with Crippen molar-refractivity contribution < 1.29 is 18.0 Å². The highest BCUT2D eigenvalue weighted by molar-refractivity contribution is 7.92. The second-order valence-corrected chi connectivity index (χ2v) is 12.9. The fourth-order valence-electron chi connectivity index (χ4n) is 4.16. The smallest absolute Gasteiger partial charge is 0.264 e. The van der Waals surface area contributed by atoms with Crippen LogP contribution in [0.2, 0.25) is 10.0 Å². The van der Waals surface area contributed by atoms with E-state index >= 15 is 0 Å². The van der Waals surface area contributed by atoms with Gasteiger partial charge in [0.1, 0.15) is 12.6 Å². The number of benzene rings is 3. The number of amides is 2. The molecule has 0 aliphatic heterocycles. The van der Waals surface area contributed by atoms with Gasteiger partial charge in [-0.25, -0.2) is 8.42 Å². The molecule has 0 saturated heterocycles. The predicted octanol–water partition coefficient (Wildman–Crippen LogP) is 6.06. The molecular weight excluding hydrogens is 569 g/mol. The third kappa shape index (κ3) is 7.56. The standard InChI is InChI=1S/C30H35Cl2N3O4S/c1-19(2)33-30(37)23(6)34(17-24-11-14-26(31)27(32)16-24)29(36)18-35(28-15-21(4)7-10-22(28)5)40(38,39)25-12-8-20(3)9-13-25/h7-16,19,23H,17-18H2,1-6H3,(H,33,37)/t23-/m1/s1. The molecule has 3 aromatic rings. The van der Waals surface area contributed by atoms with Gasteiger partial charge in [-0.05, 0) is 88.6 Å². The fraction of sp³-hybridized carbons (Fsp3) is 0.333. The lowest BCUT2D eigenvalue weighted by molar-refractivity contribution is -0.139. The number of rotatable bonds is 10. The summed E-state index contributed by atoms with van der Waals surface area (Å²) in [5.41, 5.74) is 3.48. The number of hydrogen-bond acceptors (Lipinski definition) is 4. The Morgan fingerprint density at radius 2 is 1.48 bits per heavy atom. The summed E-state index contributed by atoms with van der Waals surface area (Å²) in [4.78, 5) is 28.5. The van der Waals surface area contributed by atoms with Crippen molar-refractivity contribution in [2.75, 3.05) is 10.8 Å². The van der Waals surface area contributed by atoms with Crippen molar-refractivity contribution in [1.29, 1.82) is 0 Å². The van der Waals surface area contributed by atoms with E-state index in [1.807, 2.05) is 39.8 Å². The van der Waals surface area contributed by atoms with Gasteiger partial charge in [-0.3, -0.25) is 13.9 Å². The topological polar surface area (TPSA) is 86.8 Å². The van der Waals surface area contributed by atoms with E-state index in [2.05, 4.69) is 5.32 Å². The number of halogens is 2. The van der Waals surface area contributed by atoms with Crippen LogP contribution < -0.4 is 9.62 Å². The molecule has 1 N–H and O–H groups in total. The monoisotopic (exact) mass is 603 g/mol. The molecule has 0 spiro atoms. The molecule has 0 aliphatic rings. The lowest BCUT2D eigenvalue weighted by Crippen LogP contribution is -2.52. The molecular formula is C30H35Cl2N3O4S. The van der Waals surface area contributed by atoms with Crippen LogP contribution in [-0.4, -0.2) is 43.8 Å². The lowest BCUT2D eigenvalue weighted by atomic mass is 10.1. The Hall–Kier alpha value is -3.07. The van der Waals surface area contributed by atoms with E-state index in [9.17, 15) is 18.0 Å². The Morgan fingerprint density at radius 3 is 2.08 bits per heavy atom. The van der Waals surface area contributed by atoms with E-state index in [4.69, 9.17) is 23.2 Å². The maximum atomic E-state index is 14.0. The van der Waals surface area contributed by atoms with Crippen LogP contribution in [0.5, 0.6) is 0 Å². The first kappa shape index (κ1) is 31.5. The highest BCUT2D eigenvalue weighted by Crippen LogP contribution is 2.29. The maximum absolute atomic E-state index is 14.0. The molecule has 1 atom stereocenters. The van der Waals surface area contributed by atoms with E-state index in [1.54, 1.807) is 50.2 Å².